The van der Waals surface area contributed by atoms with Gasteiger partial charge in [0, 0.05) is 0 Å². The lowest BCUT2D eigenvalue weighted by molar-refractivity contribution is 0.0966. The average molecular weight is 289 g/mol. The van der Waals surface area contributed by atoms with Crippen LogP contribution in [-0.4, -0.2) is 10.9 Å². The van der Waals surface area contributed by atoms with Gasteiger partial charge in [-0.2, -0.15) is 0 Å². The summed E-state index contributed by atoms with van der Waals surface area (Å²) in [7, 11) is 0. The molecule has 3 aromatic rings. The fourth-order valence-electron chi connectivity index (χ4n) is 1.72. The number of anilines is 1. The van der Waals surface area contributed by atoms with E-state index in [9.17, 15) is 4.79 Å². The van der Waals surface area contributed by atoms with Crippen molar-refractivity contribution in [2.45, 2.75) is 6.92 Å². The fraction of sp³-hybridized carbons (Fsp3) is 0.0769. The van der Waals surface area contributed by atoms with E-state index >= 15 is 0 Å². The Labute approximate surface area is 118 Å². The number of amides is 1. The number of hydrogen-bond acceptors (Lipinski definition) is 5. The monoisotopic (exact) mass is 289 g/mol. The molecule has 4 nitrogen and oxygen atoms in total. The van der Waals surface area contributed by atoms with Gasteiger partial charge >= 0.3 is 0 Å². The standard InChI is InChI=1S/C13H11N3OS2/c1-8-4-2-5-9-11(8)14-13(19-9)16-15-12(17)10-6-3-7-18-10/h2-7H,1H3,(H,14,16)(H,15,17). The number of rotatable bonds is 3. The smallest absolute Gasteiger partial charge is 0.273 e. The zero-order valence-electron chi connectivity index (χ0n) is 10.1. The maximum atomic E-state index is 11.8. The molecule has 19 heavy (non-hydrogen) atoms. The molecule has 0 saturated carbocycles. The molecule has 6 heteroatoms. The third kappa shape index (κ3) is 2.45. The molecule has 0 atom stereocenters. The Balaban J connectivity index is 1.75. The van der Waals surface area contributed by atoms with Gasteiger partial charge in [-0.3, -0.25) is 15.6 Å². The predicted octanol–water partition coefficient (Wildman–Crippen LogP) is 3.42. The van der Waals surface area contributed by atoms with Gasteiger partial charge in [-0.1, -0.05) is 29.5 Å². The number of carbonyl (C=O) groups is 1. The van der Waals surface area contributed by atoms with Crippen LogP contribution in [0.25, 0.3) is 10.2 Å². The molecule has 0 aliphatic heterocycles. The molecule has 96 valence electrons. The first-order chi connectivity index (χ1) is 9.24. The van der Waals surface area contributed by atoms with Crippen molar-refractivity contribution in [2.24, 2.45) is 0 Å². The minimum absolute atomic E-state index is 0.147. The van der Waals surface area contributed by atoms with Crippen molar-refractivity contribution in [2.75, 3.05) is 5.43 Å². The lowest BCUT2D eigenvalue weighted by Gasteiger charge is -2.02. The molecule has 0 radical (unpaired) electrons. The normalized spacial score (nSPS) is 10.6. The van der Waals surface area contributed by atoms with E-state index in [1.807, 2.05) is 36.6 Å². The Morgan fingerprint density at radius 2 is 2.16 bits per heavy atom. The van der Waals surface area contributed by atoms with Gasteiger partial charge in [-0.05, 0) is 30.0 Å². The van der Waals surface area contributed by atoms with Crippen LogP contribution in [0.5, 0.6) is 0 Å². The highest BCUT2D eigenvalue weighted by atomic mass is 32.1. The first-order valence-electron chi connectivity index (χ1n) is 5.70. The number of aryl methyl sites for hydroxylation is 1. The summed E-state index contributed by atoms with van der Waals surface area (Å²) in [6.07, 6.45) is 0. The van der Waals surface area contributed by atoms with E-state index in [0.717, 1.165) is 15.8 Å². The van der Waals surface area contributed by atoms with Crippen molar-refractivity contribution in [3.05, 3.63) is 46.2 Å². The van der Waals surface area contributed by atoms with Gasteiger partial charge in [0.25, 0.3) is 5.91 Å². The SMILES string of the molecule is Cc1cccc2sc(NNC(=O)c3cccs3)nc12. The maximum Gasteiger partial charge on any atom is 0.279 e. The average Bonchev–Trinajstić information content (AvgIpc) is 3.05. The number of thiazole rings is 1. The van der Waals surface area contributed by atoms with Crippen molar-refractivity contribution in [3.63, 3.8) is 0 Å². The highest BCUT2D eigenvalue weighted by Gasteiger charge is 2.08. The zero-order chi connectivity index (χ0) is 13.2. The molecule has 0 unspecified atom stereocenters. The van der Waals surface area contributed by atoms with E-state index in [0.29, 0.717) is 10.0 Å². The molecule has 0 aliphatic rings. The summed E-state index contributed by atoms with van der Waals surface area (Å²) in [4.78, 5) is 16.9. The van der Waals surface area contributed by atoms with E-state index in [1.165, 1.54) is 22.7 Å². The lowest BCUT2D eigenvalue weighted by atomic mass is 10.2. The quantitative estimate of drug-likeness (QED) is 0.726. The third-order valence-electron chi connectivity index (χ3n) is 2.65. The number of para-hydroxylation sites is 1. The molecule has 1 aromatic carbocycles. The summed E-state index contributed by atoms with van der Waals surface area (Å²) in [5.74, 6) is -0.147. The van der Waals surface area contributed by atoms with Crippen LogP contribution in [0.4, 0.5) is 5.13 Å². The number of benzene rings is 1. The van der Waals surface area contributed by atoms with Crippen molar-refractivity contribution in [1.82, 2.24) is 10.4 Å². The van der Waals surface area contributed by atoms with Crippen molar-refractivity contribution < 1.29 is 4.79 Å². The molecular formula is C13H11N3OS2. The van der Waals surface area contributed by atoms with Gasteiger partial charge in [0.1, 0.15) is 0 Å². The molecule has 0 fully saturated rings. The summed E-state index contributed by atoms with van der Waals surface area (Å²) in [6, 6.07) is 9.68. The summed E-state index contributed by atoms with van der Waals surface area (Å²) in [5.41, 5.74) is 7.62. The van der Waals surface area contributed by atoms with Gasteiger partial charge in [-0.15, -0.1) is 11.3 Å². The van der Waals surface area contributed by atoms with Gasteiger partial charge in [0.2, 0.25) is 5.13 Å². The largest absolute Gasteiger partial charge is 0.279 e. The van der Waals surface area contributed by atoms with Crippen molar-refractivity contribution in [1.29, 1.82) is 0 Å². The maximum absolute atomic E-state index is 11.8. The van der Waals surface area contributed by atoms with Gasteiger partial charge in [-0.25, -0.2) is 4.98 Å². The van der Waals surface area contributed by atoms with Crippen molar-refractivity contribution in [3.8, 4) is 0 Å². The molecule has 0 spiro atoms. The second-order valence-electron chi connectivity index (χ2n) is 4.00. The zero-order valence-corrected chi connectivity index (χ0v) is 11.8. The lowest BCUT2D eigenvalue weighted by Crippen LogP contribution is -2.28. The second kappa shape index (κ2) is 4.99. The minimum atomic E-state index is -0.147. The molecule has 3 rings (SSSR count). The van der Waals surface area contributed by atoms with Crippen LogP contribution in [0, 0.1) is 6.92 Å². The number of carbonyl (C=O) groups excluding carboxylic acids is 1. The van der Waals surface area contributed by atoms with Gasteiger partial charge in [0.15, 0.2) is 0 Å². The topological polar surface area (TPSA) is 54.0 Å². The van der Waals surface area contributed by atoms with Crippen LogP contribution in [0.3, 0.4) is 0 Å². The van der Waals surface area contributed by atoms with Gasteiger partial charge in [0.05, 0.1) is 15.1 Å². The molecule has 2 heterocycles. The highest BCUT2D eigenvalue weighted by Crippen LogP contribution is 2.27. The number of nitrogens with zero attached hydrogens (tertiary/aromatic N) is 1. The predicted molar refractivity (Wildman–Crippen MR) is 79.8 cm³/mol. The van der Waals surface area contributed by atoms with Crippen LogP contribution < -0.4 is 10.9 Å². The number of hydrogen-bond donors (Lipinski definition) is 2. The van der Waals surface area contributed by atoms with E-state index in [4.69, 9.17) is 0 Å². The van der Waals surface area contributed by atoms with E-state index < -0.39 is 0 Å². The third-order valence-corrected chi connectivity index (χ3v) is 4.45. The first kappa shape index (κ1) is 12.1. The molecular weight excluding hydrogens is 278 g/mol. The highest BCUT2D eigenvalue weighted by molar-refractivity contribution is 7.22. The molecule has 2 N–H and O–H groups in total. The van der Waals surface area contributed by atoms with Crippen LogP contribution in [0.15, 0.2) is 35.7 Å². The number of hydrazine groups is 1. The Morgan fingerprint density at radius 1 is 1.26 bits per heavy atom. The molecule has 1 amide bonds. The van der Waals surface area contributed by atoms with E-state index in [1.54, 1.807) is 6.07 Å². The molecule has 0 aliphatic carbocycles. The summed E-state index contributed by atoms with van der Waals surface area (Å²) in [6.45, 7) is 2.02. The summed E-state index contributed by atoms with van der Waals surface area (Å²) < 4.78 is 1.10. The number of aromatic nitrogens is 1. The molecule has 2 aromatic heterocycles. The summed E-state index contributed by atoms with van der Waals surface area (Å²) in [5, 5.41) is 2.56. The molecule has 0 saturated heterocycles. The Bertz CT molecular complexity index is 719. The van der Waals surface area contributed by atoms with E-state index in [2.05, 4.69) is 15.8 Å². The number of thiophene rings is 1. The molecule has 0 bridgehead atoms. The minimum Gasteiger partial charge on any atom is -0.273 e. The Kier molecular flexibility index (Phi) is 3.18. The van der Waals surface area contributed by atoms with Crippen LogP contribution in [-0.2, 0) is 0 Å². The Hall–Kier alpha value is -1.92. The van der Waals surface area contributed by atoms with E-state index in [-0.39, 0.29) is 5.91 Å². The van der Waals surface area contributed by atoms with Gasteiger partial charge < -0.3 is 0 Å². The van der Waals surface area contributed by atoms with Crippen LogP contribution in [0.1, 0.15) is 15.2 Å². The summed E-state index contributed by atoms with van der Waals surface area (Å²) >= 11 is 2.92. The second-order valence-corrected chi connectivity index (χ2v) is 5.98. The number of nitrogens with one attached hydrogen (secondary N) is 2. The van der Waals surface area contributed by atoms with Crippen LogP contribution in [0.2, 0.25) is 0 Å². The van der Waals surface area contributed by atoms with Crippen molar-refractivity contribution >= 4 is 43.9 Å². The number of fused-ring (bicyclic) bond motifs is 1. The first-order valence-corrected chi connectivity index (χ1v) is 7.39. The Morgan fingerprint density at radius 3 is 2.89 bits per heavy atom. The van der Waals surface area contributed by atoms with Crippen LogP contribution >= 0.6 is 22.7 Å². The fourth-order valence-corrected chi connectivity index (χ4v) is 3.24.